The van der Waals surface area contributed by atoms with Gasteiger partial charge in [0.15, 0.2) is 0 Å². The molecule has 0 saturated carbocycles. The highest BCUT2D eigenvalue weighted by atomic mass is 19.4. The number of furan rings is 1. The molecule has 2 atom stereocenters. The summed E-state index contributed by atoms with van der Waals surface area (Å²) in [5.74, 6) is 0.985. The van der Waals surface area contributed by atoms with Crippen LogP contribution in [0.3, 0.4) is 0 Å². The summed E-state index contributed by atoms with van der Waals surface area (Å²) in [6, 6.07) is 1.55. The van der Waals surface area contributed by atoms with Gasteiger partial charge >= 0.3 is 12.2 Å². The Morgan fingerprint density at radius 2 is 2.21 bits per heavy atom. The van der Waals surface area contributed by atoms with Crippen molar-refractivity contribution in [1.82, 2.24) is 15.5 Å². The minimum Gasteiger partial charge on any atom is -0.469 e. The number of carbonyl (C=O) groups is 1. The Kier molecular flexibility index (Phi) is 5.03. The zero-order valence-electron chi connectivity index (χ0n) is 13.4. The normalized spacial score (nSPS) is 24.6. The van der Waals surface area contributed by atoms with Crippen LogP contribution in [0.15, 0.2) is 16.7 Å². The predicted octanol–water partition coefficient (Wildman–Crippen LogP) is 2.84. The Balaban J connectivity index is 1.41. The van der Waals surface area contributed by atoms with Gasteiger partial charge < -0.3 is 15.1 Å². The van der Waals surface area contributed by atoms with Crippen molar-refractivity contribution < 1.29 is 22.4 Å². The number of likely N-dealkylation sites (tertiary alicyclic amines) is 1. The van der Waals surface area contributed by atoms with E-state index < -0.39 is 12.7 Å². The first-order valence-corrected chi connectivity index (χ1v) is 8.30. The molecule has 1 saturated heterocycles. The van der Waals surface area contributed by atoms with E-state index in [1.807, 2.05) is 6.07 Å². The van der Waals surface area contributed by atoms with E-state index in [0.717, 1.165) is 30.6 Å². The molecule has 1 fully saturated rings. The van der Waals surface area contributed by atoms with E-state index in [4.69, 9.17) is 4.42 Å². The molecule has 2 amide bonds. The minimum absolute atomic E-state index is 0.0576. The van der Waals surface area contributed by atoms with Gasteiger partial charge in [0.25, 0.3) is 0 Å². The third-order valence-corrected chi connectivity index (χ3v) is 4.68. The number of carbonyl (C=O) groups excluding carboxylic acids is 1. The Labute approximate surface area is 138 Å². The average Bonchev–Trinajstić information content (AvgIpc) is 3.13. The highest BCUT2D eigenvalue weighted by Gasteiger charge is 2.34. The second-order valence-corrected chi connectivity index (χ2v) is 6.60. The van der Waals surface area contributed by atoms with Crippen LogP contribution < -0.4 is 10.6 Å². The standard InChI is InChI=1S/C16H22F3N3O2/c17-16(18,19)10-22-6-4-11(9-22)8-20-15(23)21-13-2-1-3-14-12(13)5-7-24-14/h5,7,11,13H,1-4,6,8-10H2,(H2,20,21,23). The molecule has 1 aromatic heterocycles. The van der Waals surface area contributed by atoms with E-state index in [1.165, 1.54) is 4.90 Å². The summed E-state index contributed by atoms with van der Waals surface area (Å²) in [5.41, 5.74) is 1.02. The van der Waals surface area contributed by atoms with Gasteiger partial charge in [-0.1, -0.05) is 0 Å². The number of nitrogens with one attached hydrogen (secondary N) is 2. The molecule has 2 N–H and O–H groups in total. The van der Waals surface area contributed by atoms with Crippen molar-refractivity contribution in [3.8, 4) is 0 Å². The molecule has 3 rings (SSSR count). The number of nitrogens with zero attached hydrogens (tertiary/aromatic N) is 1. The van der Waals surface area contributed by atoms with Gasteiger partial charge in [-0.3, -0.25) is 4.90 Å². The summed E-state index contributed by atoms with van der Waals surface area (Å²) in [5, 5.41) is 5.72. The zero-order valence-corrected chi connectivity index (χ0v) is 13.4. The van der Waals surface area contributed by atoms with Crippen LogP contribution in [-0.4, -0.2) is 43.3 Å². The van der Waals surface area contributed by atoms with Gasteiger partial charge in [0.1, 0.15) is 5.76 Å². The van der Waals surface area contributed by atoms with Crippen molar-refractivity contribution in [3.63, 3.8) is 0 Å². The first-order valence-electron chi connectivity index (χ1n) is 8.30. The van der Waals surface area contributed by atoms with Gasteiger partial charge in [-0.15, -0.1) is 0 Å². The van der Waals surface area contributed by atoms with Crippen molar-refractivity contribution in [2.24, 2.45) is 5.92 Å². The molecule has 0 bridgehead atoms. The average molecular weight is 345 g/mol. The molecule has 1 aliphatic heterocycles. The van der Waals surface area contributed by atoms with Crippen LogP contribution in [-0.2, 0) is 6.42 Å². The van der Waals surface area contributed by atoms with Crippen molar-refractivity contribution >= 4 is 6.03 Å². The van der Waals surface area contributed by atoms with Crippen molar-refractivity contribution in [1.29, 1.82) is 0 Å². The topological polar surface area (TPSA) is 57.5 Å². The predicted molar refractivity (Wildman–Crippen MR) is 81.5 cm³/mol. The number of aryl methyl sites for hydroxylation is 1. The summed E-state index contributed by atoms with van der Waals surface area (Å²) in [6.45, 7) is 0.315. The Hall–Kier alpha value is -1.70. The molecule has 2 heterocycles. The van der Waals surface area contributed by atoms with E-state index >= 15 is 0 Å². The Morgan fingerprint density at radius 3 is 3.00 bits per heavy atom. The first-order chi connectivity index (χ1) is 11.4. The molecule has 8 heteroatoms. The lowest BCUT2D eigenvalue weighted by molar-refractivity contribution is -0.143. The van der Waals surface area contributed by atoms with Gasteiger partial charge in [0.2, 0.25) is 0 Å². The monoisotopic (exact) mass is 345 g/mol. The molecule has 0 spiro atoms. The molecular formula is C16H22F3N3O2. The quantitative estimate of drug-likeness (QED) is 0.882. The van der Waals surface area contributed by atoms with Gasteiger partial charge in [-0.05, 0) is 37.8 Å². The Morgan fingerprint density at radius 1 is 1.38 bits per heavy atom. The lowest BCUT2D eigenvalue weighted by Gasteiger charge is -2.23. The fourth-order valence-corrected chi connectivity index (χ4v) is 3.56. The van der Waals surface area contributed by atoms with Crippen molar-refractivity contribution in [3.05, 3.63) is 23.7 Å². The second-order valence-electron chi connectivity index (χ2n) is 6.60. The van der Waals surface area contributed by atoms with E-state index in [9.17, 15) is 18.0 Å². The largest absolute Gasteiger partial charge is 0.469 e. The number of amides is 2. The summed E-state index contributed by atoms with van der Waals surface area (Å²) in [7, 11) is 0. The molecule has 2 unspecified atom stereocenters. The summed E-state index contributed by atoms with van der Waals surface area (Å²) in [6.07, 6.45) is 0.855. The fraction of sp³-hybridized carbons (Fsp3) is 0.688. The van der Waals surface area contributed by atoms with Crippen LogP contribution in [0, 0.1) is 5.92 Å². The maximum absolute atomic E-state index is 12.4. The summed E-state index contributed by atoms with van der Waals surface area (Å²) < 4.78 is 42.5. The maximum Gasteiger partial charge on any atom is 0.401 e. The molecule has 24 heavy (non-hydrogen) atoms. The second kappa shape index (κ2) is 7.04. The van der Waals surface area contributed by atoms with Gasteiger partial charge in [0.05, 0.1) is 18.8 Å². The highest BCUT2D eigenvalue weighted by Crippen LogP contribution is 2.30. The molecule has 134 valence electrons. The number of rotatable bonds is 4. The van der Waals surface area contributed by atoms with Crippen LogP contribution in [0.5, 0.6) is 0 Å². The van der Waals surface area contributed by atoms with E-state index in [1.54, 1.807) is 6.26 Å². The summed E-state index contributed by atoms with van der Waals surface area (Å²) >= 11 is 0. The number of hydrogen-bond donors (Lipinski definition) is 2. The van der Waals surface area contributed by atoms with E-state index in [2.05, 4.69) is 10.6 Å². The van der Waals surface area contributed by atoms with Gasteiger partial charge in [-0.2, -0.15) is 13.2 Å². The first kappa shape index (κ1) is 17.1. The molecule has 0 radical (unpaired) electrons. The van der Waals surface area contributed by atoms with Gasteiger partial charge in [-0.25, -0.2) is 4.79 Å². The molecule has 0 aromatic carbocycles. The Bertz CT molecular complexity index is 573. The minimum atomic E-state index is -4.16. The maximum atomic E-state index is 12.4. The lowest BCUT2D eigenvalue weighted by Crippen LogP contribution is -2.41. The lowest BCUT2D eigenvalue weighted by atomic mass is 9.93. The molecular weight excluding hydrogens is 323 g/mol. The highest BCUT2D eigenvalue weighted by molar-refractivity contribution is 5.74. The molecule has 1 aliphatic carbocycles. The number of hydrogen-bond acceptors (Lipinski definition) is 3. The number of urea groups is 1. The molecule has 1 aromatic rings. The number of alkyl halides is 3. The van der Waals surface area contributed by atoms with Crippen molar-refractivity contribution in [2.75, 3.05) is 26.2 Å². The van der Waals surface area contributed by atoms with Crippen LogP contribution >= 0.6 is 0 Å². The number of halogens is 3. The smallest absolute Gasteiger partial charge is 0.401 e. The van der Waals surface area contributed by atoms with E-state index in [0.29, 0.717) is 26.1 Å². The van der Waals surface area contributed by atoms with Crippen LogP contribution in [0.1, 0.15) is 36.6 Å². The molecule has 2 aliphatic rings. The third kappa shape index (κ3) is 4.43. The summed E-state index contributed by atoms with van der Waals surface area (Å²) in [4.78, 5) is 13.5. The zero-order chi connectivity index (χ0) is 17.2. The third-order valence-electron chi connectivity index (χ3n) is 4.68. The van der Waals surface area contributed by atoms with Gasteiger partial charge in [0, 0.05) is 25.1 Å². The number of fused-ring (bicyclic) bond motifs is 1. The SMILES string of the molecule is O=C(NCC1CCN(CC(F)(F)F)C1)NC1CCCc2occc21. The fourth-order valence-electron chi connectivity index (χ4n) is 3.56. The van der Waals surface area contributed by atoms with Crippen LogP contribution in [0.2, 0.25) is 0 Å². The van der Waals surface area contributed by atoms with E-state index in [-0.39, 0.29) is 18.0 Å². The van der Waals surface area contributed by atoms with Crippen LogP contribution in [0.25, 0.3) is 0 Å². The van der Waals surface area contributed by atoms with Crippen molar-refractivity contribution in [2.45, 2.75) is 37.9 Å². The van der Waals surface area contributed by atoms with Crippen LogP contribution in [0.4, 0.5) is 18.0 Å². The molecule has 5 nitrogen and oxygen atoms in total.